The molecule has 0 aromatic carbocycles. The highest BCUT2D eigenvalue weighted by molar-refractivity contribution is 7.53. The first-order chi connectivity index (χ1) is 8.20. The normalized spacial score (nSPS) is 17.8. The zero-order chi connectivity index (χ0) is 12.6. The largest absolute Gasteiger partial charge is 0.331 e. The lowest BCUT2D eigenvalue weighted by molar-refractivity contribution is 0.220. The maximum atomic E-state index is 12.1. The van der Waals surface area contributed by atoms with Crippen molar-refractivity contribution >= 4 is 7.60 Å². The number of hydrogen-bond donors (Lipinski definition) is 1. The first-order valence-corrected chi connectivity index (χ1v) is 8.52. The van der Waals surface area contributed by atoms with E-state index in [2.05, 4.69) is 5.32 Å². The van der Waals surface area contributed by atoms with Crippen molar-refractivity contribution in [2.75, 3.05) is 32.5 Å². The summed E-state index contributed by atoms with van der Waals surface area (Å²) in [5.74, 6) is 0.813. The Morgan fingerprint density at radius 2 is 1.76 bits per heavy atom. The van der Waals surface area contributed by atoms with Crippen LogP contribution in [0.4, 0.5) is 0 Å². The predicted molar refractivity (Wildman–Crippen MR) is 70.6 cm³/mol. The topological polar surface area (TPSA) is 47.6 Å². The van der Waals surface area contributed by atoms with Gasteiger partial charge in [-0.05, 0) is 39.2 Å². The highest BCUT2D eigenvalue weighted by Gasteiger charge is 2.23. The fourth-order valence-electron chi connectivity index (χ4n) is 2.30. The van der Waals surface area contributed by atoms with Gasteiger partial charge in [0.15, 0.2) is 0 Å². The van der Waals surface area contributed by atoms with E-state index in [1.807, 2.05) is 13.8 Å². The van der Waals surface area contributed by atoms with Crippen molar-refractivity contribution in [2.24, 2.45) is 5.92 Å². The molecule has 0 atom stereocenters. The third kappa shape index (κ3) is 6.01. The van der Waals surface area contributed by atoms with Crippen molar-refractivity contribution in [3.63, 3.8) is 0 Å². The van der Waals surface area contributed by atoms with Crippen LogP contribution in [0.2, 0.25) is 0 Å². The fraction of sp³-hybridized carbons (Fsp3) is 1.00. The Morgan fingerprint density at radius 3 is 2.29 bits per heavy atom. The van der Waals surface area contributed by atoms with E-state index >= 15 is 0 Å². The molecule has 0 aromatic rings. The van der Waals surface area contributed by atoms with Crippen LogP contribution in [-0.4, -0.2) is 32.5 Å². The van der Waals surface area contributed by atoms with Gasteiger partial charge in [-0.3, -0.25) is 4.57 Å². The standard InChI is InChI=1S/C12H26NO3P/c1-3-15-17(14,16-4-2)10-9-13-11-12-7-5-6-8-12/h12-13H,3-11H2,1-2H3. The Hall–Kier alpha value is 0.110. The monoisotopic (exact) mass is 263 g/mol. The molecule has 17 heavy (non-hydrogen) atoms. The zero-order valence-electron chi connectivity index (χ0n) is 11.1. The smallest absolute Gasteiger partial charge is 0.316 e. The summed E-state index contributed by atoms with van der Waals surface area (Å²) in [7, 11) is -2.84. The zero-order valence-corrected chi connectivity index (χ0v) is 12.0. The maximum absolute atomic E-state index is 12.1. The van der Waals surface area contributed by atoms with Crippen LogP contribution >= 0.6 is 7.60 Å². The van der Waals surface area contributed by atoms with Gasteiger partial charge in [-0.25, -0.2) is 0 Å². The van der Waals surface area contributed by atoms with E-state index in [-0.39, 0.29) is 0 Å². The van der Waals surface area contributed by atoms with Gasteiger partial charge in [0.05, 0.1) is 19.4 Å². The summed E-state index contributed by atoms with van der Waals surface area (Å²) < 4.78 is 22.6. The van der Waals surface area contributed by atoms with Gasteiger partial charge in [0.1, 0.15) is 0 Å². The molecular weight excluding hydrogens is 237 g/mol. The van der Waals surface area contributed by atoms with E-state index in [1.165, 1.54) is 25.7 Å². The van der Waals surface area contributed by atoms with Crippen LogP contribution in [0.5, 0.6) is 0 Å². The van der Waals surface area contributed by atoms with Crippen LogP contribution in [0.15, 0.2) is 0 Å². The second kappa shape index (κ2) is 8.25. The van der Waals surface area contributed by atoms with E-state index in [4.69, 9.17) is 9.05 Å². The van der Waals surface area contributed by atoms with Gasteiger partial charge < -0.3 is 14.4 Å². The maximum Gasteiger partial charge on any atom is 0.331 e. The molecule has 0 amide bonds. The van der Waals surface area contributed by atoms with Gasteiger partial charge in [-0.15, -0.1) is 0 Å². The summed E-state index contributed by atoms with van der Waals surface area (Å²) in [6, 6.07) is 0. The molecule has 0 saturated heterocycles. The highest BCUT2D eigenvalue weighted by Crippen LogP contribution is 2.47. The summed E-state index contributed by atoms with van der Waals surface area (Å²) in [6.45, 7) is 6.33. The molecule has 102 valence electrons. The first kappa shape index (κ1) is 15.2. The summed E-state index contributed by atoms with van der Waals surface area (Å²) in [5.41, 5.74) is 0. The van der Waals surface area contributed by atoms with E-state index in [1.54, 1.807) is 0 Å². The van der Waals surface area contributed by atoms with Crippen molar-refractivity contribution in [3.05, 3.63) is 0 Å². The van der Waals surface area contributed by atoms with Crippen molar-refractivity contribution in [1.82, 2.24) is 5.32 Å². The van der Waals surface area contributed by atoms with Crippen molar-refractivity contribution in [1.29, 1.82) is 0 Å². The molecule has 0 heterocycles. The van der Waals surface area contributed by atoms with Crippen molar-refractivity contribution in [2.45, 2.75) is 39.5 Å². The molecule has 1 aliphatic carbocycles. The highest BCUT2D eigenvalue weighted by atomic mass is 31.2. The van der Waals surface area contributed by atoms with Crippen LogP contribution in [-0.2, 0) is 13.6 Å². The minimum absolute atomic E-state index is 0.444. The minimum atomic E-state index is -2.84. The molecule has 0 aromatic heterocycles. The Labute approximate surface area is 105 Å². The summed E-state index contributed by atoms with van der Waals surface area (Å²) in [6.07, 6.45) is 5.87. The molecule has 1 saturated carbocycles. The van der Waals surface area contributed by atoms with Gasteiger partial charge in [-0.2, -0.15) is 0 Å². The average molecular weight is 263 g/mol. The Kier molecular flexibility index (Phi) is 7.36. The number of hydrogen-bond acceptors (Lipinski definition) is 4. The molecular formula is C12H26NO3P. The molecule has 1 fully saturated rings. The summed E-state index contributed by atoms with van der Waals surface area (Å²) in [5, 5.41) is 3.37. The summed E-state index contributed by atoms with van der Waals surface area (Å²) >= 11 is 0. The average Bonchev–Trinajstić information content (AvgIpc) is 2.78. The van der Waals surface area contributed by atoms with E-state index in [0.717, 1.165) is 12.5 Å². The minimum Gasteiger partial charge on any atom is -0.316 e. The van der Waals surface area contributed by atoms with Crippen molar-refractivity contribution in [3.8, 4) is 0 Å². The molecule has 1 aliphatic rings. The van der Waals surface area contributed by atoms with Gasteiger partial charge in [-0.1, -0.05) is 12.8 Å². The Morgan fingerprint density at radius 1 is 1.18 bits per heavy atom. The SMILES string of the molecule is CCOP(=O)(CCNCC1CCCC1)OCC. The van der Waals surface area contributed by atoms with Crippen LogP contribution in [0.25, 0.3) is 0 Å². The molecule has 4 nitrogen and oxygen atoms in total. The third-order valence-electron chi connectivity index (χ3n) is 3.12. The Bertz CT molecular complexity index is 232. The molecule has 0 spiro atoms. The van der Waals surface area contributed by atoms with Crippen LogP contribution in [0.1, 0.15) is 39.5 Å². The first-order valence-electron chi connectivity index (χ1n) is 6.79. The molecule has 0 bridgehead atoms. The van der Waals surface area contributed by atoms with Crippen molar-refractivity contribution < 1.29 is 13.6 Å². The van der Waals surface area contributed by atoms with E-state index < -0.39 is 7.60 Å². The lowest BCUT2D eigenvalue weighted by Gasteiger charge is -2.17. The van der Waals surface area contributed by atoms with Crippen LogP contribution in [0.3, 0.4) is 0 Å². The summed E-state index contributed by atoms with van der Waals surface area (Å²) in [4.78, 5) is 0. The second-order valence-electron chi connectivity index (χ2n) is 4.52. The van der Waals surface area contributed by atoms with Crippen LogP contribution < -0.4 is 5.32 Å². The van der Waals surface area contributed by atoms with Gasteiger partial charge in [0.25, 0.3) is 0 Å². The number of nitrogens with one attached hydrogen (secondary N) is 1. The predicted octanol–water partition coefficient (Wildman–Crippen LogP) is 3.03. The molecule has 5 heteroatoms. The van der Waals surface area contributed by atoms with E-state index in [9.17, 15) is 4.57 Å². The van der Waals surface area contributed by atoms with Gasteiger partial charge >= 0.3 is 7.60 Å². The van der Waals surface area contributed by atoms with E-state index in [0.29, 0.717) is 25.9 Å². The van der Waals surface area contributed by atoms with Gasteiger partial charge in [0, 0.05) is 6.54 Å². The lowest BCUT2D eigenvalue weighted by atomic mass is 10.1. The Balaban J connectivity index is 2.15. The van der Waals surface area contributed by atoms with Crippen LogP contribution in [0, 0.1) is 5.92 Å². The van der Waals surface area contributed by atoms with Gasteiger partial charge in [0.2, 0.25) is 0 Å². The molecule has 0 aliphatic heterocycles. The quantitative estimate of drug-likeness (QED) is 0.513. The molecule has 0 radical (unpaired) electrons. The molecule has 0 unspecified atom stereocenters. The number of rotatable bonds is 9. The molecule has 1 rings (SSSR count). The lowest BCUT2D eigenvalue weighted by Crippen LogP contribution is -2.25. The fourth-order valence-corrected chi connectivity index (χ4v) is 3.85. The second-order valence-corrected chi connectivity index (χ2v) is 6.71. The molecule has 1 N–H and O–H groups in total. The third-order valence-corrected chi connectivity index (χ3v) is 5.20.